The quantitative estimate of drug-likeness (QED) is 0.501. The zero-order chi connectivity index (χ0) is 19.5. The summed E-state index contributed by atoms with van der Waals surface area (Å²) in [5.41, 5.74) is 1.62. The van der Waals surface area contributed by atoms with Crippen LogP contribution in [0.1, 0.15) is 5.56 Å². The van der Waals surface area contributed by atoms with E-state index in [1.807, 2.05) is 30.3 Å². The first-order valence-electron chi connectivity index (χ1n) is 8.45. The van der Waals surface area contributed by atoms with Crippen LogP contribution in [0.2, 0.25) is 0 Å². The highest BCUT2D eigenvalue weighted by Gasteiger charge is 2.13. The van der Waals surface area contributed by atoms with Crippen LogP contribution in [0.3, 0.4) is 0 Å². The summed E-state index contributed by atoms with van der Waals surface area (Å²) >= 11 is 1.34. The van der Waals surface area contributed by atoms with Crippen molar-refractivity contribution < 1.29 is 23.8 Å². The molecule has 0 radical (unpaired) electrons. The van der Waals surface area contributed by atoms with E-state index >= 15 is 0 Å². The van der Waals surface area contributed by atoms with Gasteiger partial charge in [-0.1, -0.05) is 29.5 Å². The van der Waals surface area contributed by atoms with Crippen molar-refractivity contribution in [2.24, 2.45) is 4.99 Å². The summed E-state index contributed by atoms with van der Waals surface area (Å²) in [6.07, 6.45) is 3.04. The molecular formula is C20H16N2O5S. The van der Waals surface area contributed by atoms with E-state index < -0.39 is 11.9 Å². The minimum Gasteiger partial charge on any atom is -0.468 e. The number of hydrogen-bond acceptors (Lipinski definition) is 6. The molecule has 142 valence electrons. The molecule has 1 amide bonds. The number of esters is 1. The fourth-order valence-electron chi connectivity index (χ4n) is 2.77. The number of para-hydroxylation sites is 1. The van der Waals surface area contributed by atoms with Crippen molar-refractivity contribution in [1.82, 2.24) is 4.57 Å². The Kier molecular flexibility index (Phi) is 4.94. The lowest BCUT2D eigenvalue weighted by molar-refractivity contribution is -0.141. The monoisotopic (exact) mass is 396 g/mol. The van der Waals surface area contributed by atoms with Gasteiger partial charge in [0.25, 0.3) is 5.91 Å². The van der Waals surface area contributed by atoms with Crippen LogP contribution in [0.5, 0.6) is 11.5 Å². The number of amides is 1. The van der Waals surface area contributed by atoms with Crippen LogP contribution in [0.15, 0.2) is 53.5 Å². The molecule has 0 saturated carbocycles. The molecule has 0 saturated heterocycles. The third-order valence-corrected chi connectivity index (χ3v) is 5.18. The lowest BCUT2D eigenvalue weighted by Crippen LogP contribution is -2.22. The van der Waals surface area contributed by atoms with E-state index in [-0.39, 0.29) is 13.3 Å². The number of rotatable bonds is 4. The number of thiazole rings is 1. The average molecular weight is 396 g/mol. The Morgan fingerprint density at radius 1 is 1.21 bits per heavy atom. The van der Waals surface area contributed by atoms with Crippen molar-refractivity contribution in [3.63, 3.8) is 0 Å². The van der Waals surface area contributed by atoms with Crippen molar-refractivity contribution in [3.05, 3.63) is 58.9 Å². The molecule has 0 unspecified atom stereocenters. The van der Waals surface area contributed by atoms with Gasteiger partial charge in [-0.05, 0) is 35.9 Å². The van der Waals surface area contributed by atoms with E-state index in [0.717, 1.165) is 15.8 Å². The van der Waals surface area contributed by atoms with Crippen molar-refractivity contribution in [2.75, 3.05) is 13.9 Å². The molecule has 1 aliphatic heterocycles. The second-order valence-electron chi connectivity index (χ2n) is 5.91. The summed E-state index contributed by atoms with van der Waals surface area (Å²) in [7, 11) is 1.33. The number of aromatic nitrogens is 1. The number of ether oxygens (including phenoxy) is 3. The van der Waals surface area contributed by atoms with E-state index in [0.29, 0.717) is 16.3 Å². The predicted molar refractivity (Wildman–Crippen MR) is 104 cm³/mol. The van der Waals surface area contributed by atoms with Gasteiger partial charge < -0.3 is 18.8 Å². The molecular weight excluding hydrogens is 380 g/mol. The molecule has 28 heavy (non-hydrogen) atoms. The van der Waals surface area contributed by atoms with Gasteiger partial charge >= 0.3 is 5.97 Å². The Balaban J connectivity index is 1.64. The first kappa shape index (κ1) is 18.0. The number of nitrogens with zero attached hydrogens (tertiary/aromatic N) is 2. The van der Waals surface area contributed by atoms with Crippen LogP contribution in [0.4, 0.5) is 0 Å². The van der Waals surface area contributed by atoms with E-state index in [1.54, 1.807) is 22.8 Å². The maximum atomic E-state index is 12.4. The van der Waals surface area contributed by atoms with Gasteiger partial charge in [0, 0.05) is 6.08 Å². The molecule has 2 heterocycles. The molecule has 0 N–H and O–H groups in total. The van der Waals surface area contributed by atoms with Crippen LogP contribution in [0, 0.1) is 0 Å². The van der Waals surface area contributed by atoms with E-state index in [2.05, 4.69) is 4.99 Å². The molecule has 1 aliphatic rings. The van der Waals surface area contributed by atoms with Crippen LogP contribution < -0.4 is 14.3 Å². The van der Waals surface area contributed by atoms with Gasteiger partial charge in [-0.15, -0.1) is 0 Å². The summed E-state index contributed by atoms with van der Waals surface area (Å²) < 4.78 is 18.0. The SMILES string of the molecule is COC(=O)Cn1c(=NC(=O)C=Cc2ccc3c(c2)OCO3)sc2ccccc21. The van der Waals surface area contributed by atoms with Crippen molar-refractivity contribution in [3.8, 4) is 11.5 Å². The maximum Gasteiger partial charge on any atom is 0.325 e. The van der Waals surface area contributed by atoms with E-state index in [4.69, 9.17) is 14.2 Å². The minimum atomic E-state index is -0.428. The molecule has 4 rings (SSSR count). The van der Waals surface area contributed by atoms with Crippen LogP contribution in [0.25, 0.3) is 16.3 Å². The zero-order valence-electron chi connectivity index (χ0n) is 15.0. The summed E-state index contributed by atoms with van der Waals surface area (Å²) in [6.45, 7) is 0.182. The number of hydrogen-bond donors (Lipinski definition) is 0. The van der Waals surface area contributed by atoms with Gasteiger partial charge in [0.05, 0.1) is 17.3 Å². The first-order valence-corrected chi connectivity index (χ1v) is 9.27. The Morgan fingerprint density at radius 2 is 2.04 bits per heavy atom. The maximum absolute atomic E-state index is 12.4. The van der Waals surface area contributed by atoms with Gasteiger partial charge in [-0.2, -0.15) is 4.99 Å². The lowest BCUT2D eigenvalue weighted by Gasteiger charge is -2.02. The van der Waals surface area contributed by atoms with Gasteiger partial charge in [0.1, 0.15) is 6.54 Å². The summed E-state index contributed by atoms with van der Waals surface area (Å²) in [5, 5.41) is 0. The molecule has 0 aliphatic carbocycles. The van der Waals surface area contributed by atoms with Crippen LogP contribution >= 0.6 is 11.3 Å². The van der Waals surface area contributed by atoms with Crippen LogP contribution in [-0.2, 0) is 20.9 Å². The standard InChI is InChI=1S/C20H16N2O5S/c1-25-19(24)11-22-14-4-2-3-5-17(14)28-20(22)21-18(23)9-7-13-6-8-15-16(10-13)27-12-26-15/h2-10H,11-12H2,1H3. The number of carbonyl (C=O) groups excluding carboxylic acids is 2. The molecule has 0 atom stereocenters. The largest absolute Gasteiger partial charge is 0.468 e. The molecule has 3 aromatic rings. The Bertz CT molecular complexity index is 1160. The second kappa shape index (κ2) is 7.69. The van der Waals surface area contributed by atoms with Gasteiger partial charge in [-0.25, -0.2) is 0 Å². The van der Waals surface area contributed by atoms with Gasteiger partial charge in [0.15, 0.2) is 16.3 Å². The third kappa shape index (κ3) is 3.67. The molecule has 1 aromatic heterocycles. The number of fused-ring (bicyclic) bond motifs is 2. The Labute approximate surface area is 164 Å². The fraction of sp³-hybridized carbons (Fsp3) is 0.150. The number of benzene rings is 2. The zero-order valence-corrected chi connectivity index (χ0v) is 15.8. The van der Waals surface area contributed by atoms with E-state index in [1.165, 1.54) is 24.5 Å². The summed E-state index contributed by atoms with van der Waals surface area (Å²) in [4.78, 5) is 28.7. The smallest absolute Gasteiger partial charge is 0.325 e. The predicted octanol–water partition coefficient (Wildman–Crippen LogP) is 2.75. The number of carbonyl (C=O) groups is 2. The Morgan fingerprint density at radius 3 is 2.89 bits per heavy atom. The fourth-order valence-corrected chi connectivity index (χ4v) is 3.80. The van der Waals surface area contributed by atoms with Crippen LogP contribution in [-0.4, -0.2) is 30.3 Å². The summed E-state index contributed by atoms with van der Waals surface area (Å²) in [5.74, 6) is 0.491. The van der Waals surface area contributed by atoms with Crippen molar-refractivity contribution >= 4 is 39.5 Å². The highest BCUT2D eigenvalue weighted by atomic mass is 32.1. The molecule has 0 bridgehead atoms. The lowest BCUT2D eigenvalue weighted by atomic mass is 10.2. The summed E-state index contributed by atoms with van der Waals surface area (Å²) in [6, 6.07) is 13.0. The number of methoxy groups -OCH3 is 1. The van der Waals surface area contributed by atoms with Crippen molar-refractivity contribution in [1.29, 1.82) is 0 Å². The third-order valence-electron chi connectivity index (χ3n) is 4.12. The molecule has 7 nitrogen and oxygen atoms in total. The highest BCUT2D eigenvalue weighted by molar-refractivity contribution is 7.16. The topological polar surface area (TPSA) is 79.1 Å². The second-order valence-corrected chi connectivity index (χ2v) is 6.92. The van der Waals surface area contributed by atoms with E-state index in [9.17, 15) is 9.59 Å². The van der Waals surface area contributed by atoms with Crippen molar-refractivity contribution in [2.45, 2.75) is 6.54 Å². The molecule has 8 heteroatoms. The average Bonchev–Trinajstić information content (AvgIpc) is 3.30. The van der Waals surface area contributed by atoms with Gasteiger partial charge in [0.2, 0.25) is 6.79 Å². The Hall–Kier alpha value is -3.39. The normalized spacial score (nSPS) is 13.4. The van der Waals surface area contributed by atoms with Gasteiger partial charge in [-0.3, -0.25) is 9.59 Å². The molecule has 2 aromatic carbocycles. The molecule has 0 spiro atoms. The first-order chi connectivity index (χ1) is 13.6. The highest BCUT2D eigenvalue weighted by Crippen LogP contribution is 2.32. The molecule has 0 fully saturated rings. The minimum absolute atomic E-state index is 0.0154.